The molecule has 0 aromatic carbocycles. The Morgan fingerprint density at radius 3 is 2.18 bits per heavy atom. The van der Waals surface area contributed by atoms with Crippen molar-refractivity contribution >= 4 is 11.9 Å². The molecule has 6 nitrogen and oxygen atoms in total. The maximum Gasteiger partial charge on any atom is 0.490 e. The average Bonchev–Trinajstić information content (AvgIpc) is 2.91. The summed E-state index contributed by atoms with van der Waals surface area (Å²) in [5, 5.41) is 7.12. The highest BCUT2D eigenvalue weighted by atomic mass is 19.4. The van der Waals surface area contributed by atoms with Crippen LogP contribution in [0.15, 0.2) is 0 Å². The highest BCUT2D eigenvalue weighted by Crippen LogP contribution is 2.45. The zero-order chi connectivity index (χ0) is 20.9. The van der Waals surface area contributed by atoms with Gasteiger partial charge in [0, 0.05) is 39.6 Å². The predicted octanol–water partition coefficient (Wildman–Crippen LogP) is 2.63. The van der Waals surface area contributed by atoms with Crippen LogP contribution in [0.2, 0.25) is 0 Å². The summed E-state index contributed by atoms with van der Waals surface area (Å²) >= 11 is 0. The van der Waals surface area contributed by atoms with Crippen molar-refractivity contribution in [2.75, 3.05) is 46.4 Å². The number of nitrogens with zero attached hydrogens (tertiary/aromatic N) is 2. The first-order valence-corrected chi connectivity index (χ1v) is 9.84. The molecule has 3 fully saturated rings. The molecule has 28 heavy (non-hydrogen) atoms. The number of likely N-dealkylation sites (tertiary alicyclic amines) is 2. The van der Waals surface area contributed by atoms with E-state index in [1.807, 2.05) is 4.90 Å². The zero-order valence-electron chi connectivity index (χ0n) is 16.6. The summed E-state index contributed by atoms with van der Waals surface area (Å²) in [6, 6.07) is 0. The van der Waals surface area contributed by atoms with Crippen molar-refractivity contribution in [3.8, 4) is 0 Å². The van der Waals surface area contributed by atoms with E-state index in [1.54, 1.807) is 14.0 Å². The van der Waals surface area contributed by atoms with Crippen molar-refractivity contribution in [2.45, 2.75) is 45.2 Å². The van der Waals surface area contributed by atoms with Gasteiger partial charge in [0.2, 0.25) is 5.91 Å². The van der Waals surface area contributed by atoms with Crippen LogP contribution in [0.5, 0.6) is 0 Å². The largest absolute Gasteiger partial charge is 0.490 e. The first-order valence-electron chi connectivity index (χ1n) is 9.84. The molecule has 2 saturated heterocycles. The number of carbonyl (C=O) groups excluding carboxylic acids is 1. The lowest BCUT2D eigenvalue weighted by atomic mass is 9.71. The minimum Gasteiger partial charge on any atom is -0.475 e. The van der Waals surface area contributed by atoms with Crippen molar-refractivity contribution in [3.63, 3.8) is 0 Å². The Bertz CT molecular complexity index is 544. The van der Waals surface area contributed by atoms with Crippen molar-refractivity contribution < 1.29 is 32.6 Å². The molecule has 2 heterocycles. The SMILES string of the molecule is COCC1CN(C(C)=O)CC12CCN(CC1CCC1)CC2.O=C(O)C(F)(F)F. The lowest BCUT2D eigenvalue weighted by molar-refractivity contribution is -0.192. The summed E-state index contributed by atoms with van der Waals surface area (Å²) in [7, 11) is 1.79. The van der Waals surface area contributed by atoms with Crippen LogP contribution in [-0.4, -0.2) is 79.4 Å². The van der Waals surface area contributed by atoms with Gasteiger partial charge in [-0.15, -0.1) is 0 Å². The Morgan fingerprint density at radius 1 is 1.21 bits per heavy atom. The van der Waals surface area contributed by atoms with Crippen LogP contribution in [0.4, 0.5) is 13.2 Å². The molecule has 3 aliphatic rings. The number of rotatable bonds is 4. The number of aliphatic carboxylic acids is 1. The third-order valence-electron chi connectivity index (χ3n) is 6.46. The van der Waals surface area contributed by atoms with Gasteiger partial charge in [0.05, 0.1) is 6.61 Å². The quantitative estimate of drug-likeness (QED) is 0.775. The van der Waals surface area contributed by atoms with Gasteiger partial charge >= 0.3 is 12.1 Å². The van der Waals surface area contributed by atoms with Gasteiger partial charge in [-0.3, -0.25) is 4.79 Å². The highest BCUT2D eigenvalue weighted by Gasteiger charge is 2.48. The summed E-state index contributed by atoms with van der Waals surface area (Å²) in [5.41, 5.74) is 0.317. The lowest BCUT2D eigenvalue weighted by Crippen LogP contribution is -2.47. The number of ether oxygens (including phenoxy) is 1. The topological polar surface area (TPSA) is 70.1 Å². The molecule has 9 heteroatoms. The van der Waals surface area contributed by atoms with Gasteiger partial charge in [-0.05, 0) is 50.1 Å². The number of carbonyl (C=O) groups is 2. The van der Waals surface area contributed by atoms with Gasteiger partial charge in [0.1, 0.15) is 0 Å². The molecule has 1 N–H and O–H groups in total. The van der Waals surface area contributed by atoms with Gasteiger partial charge in [-0.2, -0.15) is 13.2 Å². The molecule has 1 saturated carbocycles. The molecule has 2 aliphatic heterocycles. The summed E-state index contributed by atoms with van der Waals surface area (Å²) in [6.45, 7) is 8.08. The maximum absolute atomic E-state index is 11.8. The summed E-state index contributed by atoms with van der Waals surface area (Å²) in [5.74, 6) is -1.04. The number of methoxy groups -OCH3 is 1. The average molecular weight is 408 g/mol. The summed E-state index contributed by atoms with van der Waals surface area (Å²) < 4.78 is 37.2. The van der Waals surface area contributed by atoms with Crippen LogP contribution in [-0.2, 0) is 14.3 Å². The highest BCUT2D eigenvalue weighted by molar-refractivity contribution is 5.73. The van der Waals surface area contributed by atoms with Crippen molar-refractivity contribution in [2.24, 2.45) is 17.3 Å². The molecule has 1 atom stereocenters. The Kier molecular flexibility index (Phi) is 7.73. The Labute approximate surface area is 164 Å². The van der Waals surface area contributed by atoms with E-state index in [2.05, 4.69) is 4.90 Å². The molecule has 1 aliphatic carbocycles. The van der Waals surface area contributed by atoms with Gasteiger partial charge in [-0.1, -0.05) is 6.42 Å². The molecular weight excluding hydrogens is 377 g/mol. The first-order chi connectivity index (χ1) is 13.1. The lowest BCUT2D eigenvalue weighted by Gasteiger charge is -2.44. The molecule has 1 unspecified atom stereocenters. The third-order valence-corrected chi connectivity index (χ3v) is 6.46. The van der Waals surface area contributed by atoms with Gasteiger partial charge in [0.25, 0.3) is 0 Å². The number of halogens is 3. The fourth-order valence-electron chi connectivity index (χ4n) is 4.49. The standard InChI is InChI=1S/C17H30N2O2.C2HF3O2/c1-14(20)19-11-16(12-21-2)17(13-19)6-8-18(9-7-17)10-15-4-3-5-15;3-2(4,5)1(6)7/h15-16H,3-13H2,1-2H3;(H,6,7). The second kappa shape index (κ2) is 9.43. The zero-order valence-corrected chi connectivity index (χ0v) is 16.6. The number of alkyl halides is 3. The Balaban J connectivity index is 0.000000345. The van der Waals surface area contributed by atoms with E-state index < -0.39 is 12.1 Å². The summed E-state index contributed by atoms with van der Waals surface area (Å²) in [4.78, 5) is 25.4. The summed E-state index contributed by atoms with van der Waals surface area (Å²) in [6.07, 6.45) is 1.69. The van der Waals surface area contributed by atoms with Crippen molar-refractivity contribution in [3.05, 3.63) is 0 Å². The van der Waals surface area contributed by atoms with E-state index in [9.17, 15) is 18.0 Å². The van der Waals surface area contributed by atoms with E-state index in [0.717, 1.165) is 25.6 Å². The normalized spacial score (nSPS) is 25.2. The first kappa shape index (κ1) is 22.9. The number of hydrogen-bond donors (Lipinski definition) is 1. The van der Waals surface area contributed by atoms with Crippen LogP contribution < -0.4 is 0 Å². The van der Waals surface area contributed by atoms with Crippen LogP contribution in [0.25, 0.3) is 0 Å². The predicted molar refractivity (Wildman–Crippen MR) is 96.8 cm³/mol. The van der Waals surface area contributed by atoms with E-state index in [4.69, 9.17) is 14.6 Å². The number of carboxylic acid groups (broad SMARTS) is 1. The van der Waals surface area contributed by atoms with Crippen LogP contribution >= 0.6 is 0 Å². The third kappa shape index (κ3) is 5.83. The smallest absolute Gasteiger partial charge is 0.475 e. The van der Waals surface area contributed by atoms with E-state index in [1.165, 1.54) is 51.7 Å². The minimum atomic E-state index is -5.08. The molecule has 0 radical (unpaired) electrons. The van der Waals surface area contributed by atoms with Crippen molar-refractivity contribution in [1.82, 2.24) is 9.80 Å². The Morgan fingerprint density at radius 2 is 1.79 bits per heavy atom. The fourth-order valence-corrected chi connectivity index (χ4v) is 4.49. The van der Waals surface area contributed by atoms with E-state index in [0.29, 0.717) is 11.3 Å². The van der Waals surface area contributed by atoms with E-state index >= 15 is 0 Å². The Hall–Kier alpha value is -1.35. The molecule has 0 bridgehead atoms. The molecule has 162 valence electrons. The molecule has 1 amide bonds. The molecule has 0 aromatic heterocycles. The van der Waals surface area contributed by atoms with Crippen LogP contribution in [0.3, 0.4) is 0 Å². The van der Waals surface area contributed by atoms with E-state index in [-0.39, 0.29) is 5.91 Å². The molecule has 1 spiro atoms. The number of piperidine rings is 1. The molecule has 3 rings (SSSR count). The number of carboxylic acids is 1. The molecular formula is C19H31F3N2O4. The molecule has 0 aromatic rings. The maximum atomic E-state index is 11.8. The monoisotopic (exact) mass is 408 g/mol. The van der Waals surface area contributed by atoms with Gasteiger partial charge in [-0.25, -0.2) is 4.79 Å². The second-order valence-corrected chi connectivity index (χ2v) is 8.31. The van der Waals surface area contributed by atoms with Gasteiger partial charge < -0.3 is 19.6 Å². The minimum absolute atomic E-state index is 0.227. The number of hydrogen-bond acceptors (Lipinski definition) is 4. The van der Waals surface area contributed by atoms with Crippen LogP contribution in [0.1, 0.15) is 39.0 Å². The second-order valence-electron chi connectivity index (χ2n) is 8.31. The van der Waals surface area contributed by atoms with Gasteiger partial charge in [0.15, 0.2) is 0 Å². The number of amides is 1. The fraction of sp³-hybridized carbons (Fsp3) is 0.895. The van der Waals surface area contributed by atoms with Crippen LogP contribution in [0, 0.1) is 17.3 Å². The van der Waals surface area contributed by atoms with Crippen molar-refractivity contribution in [1.29, 1.82) is 0 Å².